The maximum absolute atomic E-state index is 12.2. The third-order valence-electron chi connectivity index (χ3n) is 2.70. The number of carbonyl (C=O) groups excluding carboxylic acids is 1. The molecule has 0 saturated carbocycles. The van der Waals surface area contributed by atoms with Gasteiger partial charge in [0.15, 0.2) is 0 Å². The smallest absolute Gasteiger partial charge is 0.206 e. The average Bonchev–Trinajstić information content (AvgIpc) is 2.84. The van der Waals surface area contributed by atoms with E-state index in [1.54, 1.807) is 24.3 Å². The normalized spacial score (nSPS) is 17.2. The number of nitriles is 1. The average molecular weight is 247 g/mol. The number of nitrogens with one attached hydrogen (secondary N) is 1. The summed E-state index contributed by atoms with van der Waals surface area (Å²) in [5.74, 6) is -0.303. The Kier molecular flexibility index (Phi) is 3.46. The standard InChI is InChI=1S/C13H11ClN2O/c14-11-5-2-1-4-9(11)13(17)10(8-15)12-6-3-7-16-12/h1-2,4-5,16H,3,6-7H2. The van der Waals surface area contributed by atoms with Crippen molar-refractivity contribution < 1.29 is 4.79 Å². The first kappa shape index (κ1) is 11.7. The van der Waals surface area contributed by atoms with Gasteiger partial charge < -0.3 is 5.32 Å². The highest BCUT2D eigenvalue weighted by molar-refractivity contribution is 6.35. The van der Waals surface area contributed by atoms with Crippen LogP contribution in [-0.2, 0) is 0 Å². The minimum atomic E-state index is -0.303. The van der Waals surface area contributed by atoms with Gasteiger partial charge in [-0.15, -0.1) is 0 Å². The van der Waals surface area contributed by atoms with Crippen molar-refractivity contribution >= 4 is 17.4 Å². The highest BCUT2D eigenvalue weighted by atomic mass is 35.5. The third-order valence-corrected chi connectivity index (χ3v) is 3.03. The van der Waals surface area contributed by atoms with Crippen molar-refractivity contribution in [1.29, 1.82) is 5.26 Å². The largest absolute Gasteiger partial charge is 0.387 e. The summed E-state index contributed by atoms with van der Waals surface area (Å²) in [6.45, 7) is 0.816. The molecule has 17 heavy (non-hydrogen) atoms. The van der Waals surface area contributed by atoms with E-state index in [1.807, 2.05) is 6.07 Å². The van der Waals surface area contributed by atoms with Gasteiger partial charge in [-0.2, -0.15) is 5.26 Å². The number of hydrogen-bond donors (Lipinski definition) is 1. The van der Waals surface area contributed by atoms with Crippen molar-refractivity contribution in [2.45, 2.75) is 12.8 Å². The van der Waals surface area contributed by atoms with Gasteiger partial charge >= 0.3 is 0 Å². The molecule has 1 N–H and O–H groups in total. The quantitative estimate of drug-likeness (QED) is 0.496. The molecule has 1 aromatic carbocycles. The van der Waals surface area contributed by atoms with E-state index in [9.17, 15) is 4.79 Å². The monoisotopic (exact) mass is 246 g/mol. The van der Waals surface area contributed by atoms with Gasteiger partial charge in [-0.3, -0.25) is 4.79 Å². The summed E-state index contributed by atoms with van der Waals surface area (Å²) < 4.78 is 0. The van der Waals surface area contributed by atoms with Gasteiger partial charge in [-0.05, 0) is 25.0 Å². The second-order valence-electron chi connectivity index (χ2n) is 3.80. The lowest BCUT2D eigenvalue weighted by atomic mass is 10.0. The lowest BCUT2D eigenvalue weighted by molar-refractivity contribution is 0.103. The molecule has 86 valence electrons. The Morgan fingerprint density at radius 3 is 2.76 bits per heavy atom. The van der Waals surface area contributed by atoms with Crippen LogP contribution in [0.1, 0.15) is 23.2 Å². The van der Waals surface area contributed by atoms with E-state index in [-0.39, 0.29) is 11.4 Å². The summed E-state index contributed by atoms with van der Waals surface area (Å²) in [4.78, 5) is 12.2. The summed E-state index contributed by atoms with van der Waals surface area (Å²) in [7, 11) is 0. The molecule has 1 fully saturated rings. The zero-order valence-corrected chi connectivity index (χ0v) is 9.92. The fourth-order valence-electron chi connectivity index (χ4n) is 1.84. The van der Waals surface area contributed by atoms with Gasteiger partial charge in [0.2, 0.25) is 5.78 Å². The summed E-state index contributed by atoms with van der Waals surface area (Å²) in [5.41, 5.74) is 1.29. The second-order valence-corrected chi connectivity index (χ2v) is 4.21. The lowest BCUT2D eigenvalue weighted by Crippen LogP contribution is -2.12. The van der Waals surface area contributed by atoms with Crippen LogP contribution < -0.4 is 5.32 Å². The molecule has 0 radical (unpaired) electrons. The second kappa shape index (κ2) is 5.03. The number of carbonyl (C=O) groups is 1. The van der Waals surface area contributed by atoms with Crippen LogP contribution in [0.25, 0.3) is 0 Å². The number of halogens is 1. The van der Waals surface area contributed by atoms with E-state index < -0.39 is 0 Å². The number of allylic oxidation sites excluding steroid dienone is 2. The van der Waals surface area contributed by atoms with Crippen molar-refractivity contribution in [1.82, 2.24) is 5.32 Å². The van der Waals surface area contributed by atoms with Gasteiger partial charge in [0.05, 0.1) is 5.02 Å². The molecule has 0 bridgehead atoms. The Morgan fingerprint density at radius 2 is 2.18 bits per heavy atom. The fourth-order valence-corrected chi connectivity index (χ4v) is 2.06. The van der Waals surface area contributed by atoms with Gasteiger partial charge in [0.25, 0.3) is 0 Å². The summed E-state index contributed by atoms with van der Waals surface area (Å²) >= 11 is 5.95. The molecule has 1 saturated heterocycles. The Hall–Kier alpha value is -1.79. The Labute approximate surface area is 105 Å². The van der Waals surface area contributed by atoms with Crippen molar-refractivity contribution in [3.8, 4) is 6.07 Å². The molecule has 1 aliphatic rings. The SMILES string of the molecule is N#CC(C(=O)c1ccccc1Cl)=C1CCCN1. The molecule has 0 unspecified atom stereocenters. The molecule has 4 heteroatoms. The zero-order chi connectivity index (χ0) is 12.3. The van der Waals surface area contributed by atoms with Crippen LogP contribution in [0.3, 0.4) is 0 Å². The third kappa shape index (κ3) is 2.32. The van der Waals surface area contributed by atoms with E-state index in [2.05, 4.69) is 5.32 Å². The van der Waals surface area contributed by atoms with Crippen molar-refractivity contribution in [2.24, 2.45) is 0 Å². The first-order valence-corrected chi connectivity index (χ1v) is 5.78. The van der Waals surface area contributed by atoms with Gasteiger partial charge in [0.1, 0.15) is 11.6 Å². The van der Waals surface area contributed by atoms with Crippen LogP contribution in [0.2, 0.25) is 5.02 Å². The van der Waals surface area contributed by atoms with Gasteiger partial charge in [-0.1, -0.05) is 23.7 Å². The maximum Gasteiger partial charge on any atom is 0.206 e. The molecule has 1 heterocycles. The molecular formula is C13H11ClN2O. The predicted octanol–water partition coefficient (Wildman–Crippen LogP) is 2.68. The van der Waals surface area contributed by atoms with E-state index in [0.717, 1.165) is 25.1 Å². The Bertz CT molecular complexity index is 520. The van der Waals surface area contributed by atoms with E-state index >= 15 is 0 Å². The highest BCUT2D eigenvalue weighted by Gasteiger charge is 2.21. The van der Waals surface area contributed by atoms with Crippen LogP contribution in [-0.4, -0.2) is 12.3 Å². The fraction of sp³-hybridized carbons (Fsp3) is 0.231. The minimum Gasteiger partial charge on any atom is -0.387 e. The molecule has 1 aliphatic heterocycles. The molecule has 0 aromatic heterocycles. The van der Waals surface area contributed by atoms with Crippen LogP contribution >= 0.6 is 11.6 Å². The lowest BCUT2D eigenvalue weighted by Gasteiger charge is -2.05. The van der Waals surface area contributed by atoms with Gasteiger partial charge in [0, 0.05) is 17.8 Å². The molecule has 1 aromatic rings. The van der Waals surface area contributed by atoms with Crippen LogP contribution in [0.5, 0.6) is 0 Å². The summed E-state index contributed by atoms with van der Waals surface area (Å²) in [6, 6.07) is 8.76. The molecule has 0 aliphatic carbocycles. The molecule has 0 spiro atoms. The number of ketones is 1. The number of rotatable bonds is 2. The van der Waals surface area contributed by atoms with Crippen LogP contribution in [0.4, 0.5) is 0 Å². The Morgan fingerprint density at radius 1 is 1.41 bits per heavy atom. The van der Waals surface area contributed by atoms with E-state index in [4.69, 9.17) is 16.9 Å². The van der Waals surface area contributed by atoms with Crippen LogP contribution in [0, 0.1) is 11.3 Å². The Balaban J connectivity index is 2.41. The zero-order valence-electron chi connectivity index (χ0n) is 9.16. The topological polar surface area (TPSA) is 52.9 Å². The minimum absolute atomic E-state index is 0.176. The predicted molar refractivity (Wildman–Crippen MR) is 65.7 cm³/mol. The molecule has 0 amide bonds. The van der Waals surface area contributed by atoms with Crippen LogP contribution in [0.15, 0.2) is 35.5 Å². The number of benzene rings is 1. The molecule has 2 rings (SSSR count). The van der Waals surface area contributed by atoms with Gasteiger partial charge in [-0.25, -0.2) is 0 Å². The van der Waals surface area contributed by atoms with Crippen molar-refractivity contribution in [3.63, 3.8) is 0 Å². The summed E-state index contributed by atoms with van der Waals surface area (Å²) in [6.07, 6.45) is 1.70. The number of Topliss-reactive ketones (excluding diaryl/α,β-unsaturated/α-hetero) is 1. The van der Waals surface area contributed by atoms with Crippen molar-refractivity contribution in [3.05, 3.63) is 46.1 Å². The molecular weight excluding hydrogens is 236 g/mol. The first-order chi connectivity index (χ1) is 8.24. The number of nitrogens with zero attached hydrogens (tertiary/aromatic N) is 1. The maximum atomic E-state index is 12.2. The first-order valence-electron chi connectivity index (χ1n) is 5.40. The van der Waals surface area contributed by atoms with E-state index in [0.29, 0.717) is 10.6 Å². The summed E-state index contributed by atoms with van der Waals surface area (Å²) in [5, 5.41) is 12.5. The highest BCUT2D eigenvalue weighted by Crippen LogP contribution is 2.22. The molecule has 0 atom stereocenters. The number of hydrogen-bond acceptors (Lipinski definition) is 3. The van der Waals surface area contributed by atoms with Crippen molar-refractivity contribution in [2.75, 3.05) is 6.54 Å². The van der Waals surface area contributed by atoms with E-state index in [1.165, 1.54) is 0 Å². The molecule has 3 nitrogen and oxygen atoms in total.